The van der Waals surface area contributed by atoms with Crippen LogP contribution in [-0.4, -0.2) is 18.7 Å². The smallest absolute Gasteiger partial charge is 0.305 e. The molecule has 0 radical (unpaired) electrons. The van der Waals surface area contributed by atoms with E-state index in [-0.39, 0.29) is 12.1 Å². The van der Waals surface area contributed by atoms with Crippen LogP contribution in [0.5, 0.6) is 5.75 Å². The van der Waals surface area contributed by atoms with Crippen molar-refractivity contribution >= 4 is 17.3 Å². The highest BCUT2D eigenvalue weighted by Gasteiger charge is 2.60. The van der Waals surface area contributed by atoms with Crippen LogP contribution in [0.4, 0.5) is 11.4 Å². The predicted molar refractivity (Wildman–Crippen MR) is 159 cm³/mol. The number of unbranched alkanes of at least 4 members (excludes halogenated alkanes) is 1. The van der Waals surface area contributed by atoms with Crippen LogP contribution in [0.2, 0.25) is 0 Å². The van der Waals surface area contributed by atoms with Crippen LogP contribution in [0.15, 0.2) is 18.2 Å². The molecule has 0 saturated heterocycles. The SMILES string of the molecule is CCCCOC(=O)CC[C@@H](C)[C@H]1CC[C@H]2[C@@H]3CCC4CC(Oc5ccc(N)cc5N)CC[C@]4(C)[C@H]3CC[C@]12C. The molecule has 4 saturated carbocycles. The number of nitrogen functional groups attached to an aromatic ring is 2. The lowest BCUT2D eigenvalue weighted by Gasteiger charge is -2.61. The zero-order valence-electron chi connectivity index (χ0n) is 25.1. The summed E-state index contributed by atoms with van der Waals surface area (Å²) in [4.78, 5) is 12.3. The number of fused-ring (bicyclic) bond motifs is 5. The molecule has 0 bridgehead atoms. The van der Waals surface area contributed by atoms with E-state index in [9.17, 15) is 4.79 Å². The lowest BCUT2D eigenvalue weighted by atomic mass is 9.44. The number of ether oxygens (including phenoxy) is 2. The number of anilines is 2. The van der Waals surface area contributed by atoms with Gasteiger partial charge in [0, 0.05) is 12.1 Å². The average Bonchev–Trinajstić information content (AvgIpc) is 3.26. The van der Waals surface area contributed by atoms with E-state index >= 15 is 0 Å². The van der Waals surface area contributed by atoms with E-state index in [1.54, 1.807) is 0 Å². The van der Waals surface area contributed by atoms with E-state index in [2.05, 4.69) is 27.7 Å². The first-order valence-corrected chi connectivity index (χ1v) is 16.1. The van der Waals surface area contributed by atoms with Crippen molar-refractivity contribution in [3.63, 3.8) is 0 Å². The van der Waals surface area contributed by atoms with Gasteiger partial charge in [-0.1, -0.05) is 34.1 Å². The molecule has 4 fully saturated rings. The van der Waals surface area contributed by atoms with Gasteiger partial charge in [-0.05, 0) is 135 Å². The fourth-order valence-electron chi connectivity index (χ4n) is 10.1. The van der Waals surface area contributed by atoms with Crippen LogP contribution in [0.1, 0.15) is 111 Å². The Kier molecular flexibility index (Phi) is 8.46. The van der Waals surface area contributed by atoms with E-state index in [1.165, 1.54) is 44.9 Å². The number of benzene rings is 1. The minimum absolute atomic E-state index is 0.00335. The highest BCUT2D eigenvalue weighted by atomic mass is 16.5. The highest BCUT2D eigenvalue weighted by Crippen LogP contribution is 2.68. The Labute approximate surface area is 237 Å². The zero-order valence-corrected chi connectivity index (χ0v) is 25.1. The molecule has 39 heavy (non-hydrogen) atoms. The molecule has 0 aliphatic heterocycles. The fraction of sp³-hybridized carbons (Fsp3) is 0.794. The standard InChI is InChI=1S/C34H54N2O3/c1-5-6-19-38-32(37)14-7-22(2)27-11-12-28-26-10-8-23-20-25(39-31-13-9-24(35)21-30(31)36)15-17-33(23,3)29(26)16-18-34(27,28)4/h9,13,21-23,25-29H,5-8,10-12,14-20,35-36H2,1-4H3/t22-,23?,25?,26+,27-,28+,29+,33+,34-/m1/s1. The van der Waals surface area contributed by atoms with Crippen molar-refractivity contribution in [2.45, 2.75) is 117 Å². The van der Waals surface area contributed by atoms with E-state index in [0.717, 1.165) is 67.4 Å². The molecular weight excluding hydrogens is 484 g/mol. The second-order valence-electron chi connectivity index (χ2n) is 14.3. The number of hydrogen-bond acceptors (Lipinski definition) is 5. The predicted octanol–water partition coefficient (Wildman–Crippen LogP) is 8.02. The summed E-state index contributed by atoms with van der Waals surface area (Å²) in [6.07, 6.45) is 15.6. The third-order valence-corrected chi connectivity index (χ3v) is 12.3. The van der Waals surface area contributed by atoms with Crippen LogP contribution in [0.3, 0.4) is 0 Å². The molecule has 218 valence electrons. The Morgan fingerprint density at radius 3 is 2.56 bits per heavy atom. The highest BCUT2D eigenvalue weighted by molar-refractivity contribution is 5.69. The normalized spacial score (nSPS) is 38.3. The molecule has 4 N–H and O–H groups in total. The summed E-state index contributed by atoms with van der Waals surface area (Å²) < 4.78 is 11.9. The van der Waals surface area contributed by atoms with Crippen molar-refractivity contribution in [1.82, 2.24) is 0 Å². The fourth-order valence-corrected chi connectivity index (χ4v) is 10.1. The van der Waals surface area contributed by atoms with Gasteiger partial charge in [-0.15, -0.1) is 0 Å². The zero-order chi connectivity index (χ0) is 27.8. The summed E-state index contributed by atoms with van der Waals surface area (Å²) in [7, 11) is 0. The maximum Gasteiger partial charge on any atom is 0.305 e. The van der Waals surface area contributed by atoms with Gasteiger partial charge < -0.3 is 20.9 Å². The van der Waals surface area contributed by atoms with E-state index in [1.807, 2.05) is 18.2 Å². The summed E-state index contributed by atoms with van der Waals surface area (Å²) in [5, 5.41) is 0. The van der Waals surface area contributed by atoms with Gasteiger partial charge >= 0.3 is 5.97 Å². The first-order chi connectivity index (χ1) is 18.7. The van der Waals surface area contributed by atoms with E-state index in [0.29, 0.717) is 41.2 Å². The van der Waals surface area contributed by atoms with E-state index < -0.39 is 0 Å². The first kappa shape index (κ1) is 28.6. The molecular formula is C34H54N2O3. The molecule has 2 unspecified atom stereocenters. The van der Waals surface area contributed by atoms with Crippen LogP contribution >= 0.6 is 0 Å². The molecule has 4 aliphatic rings. The van der Waals surface area contributed by atoms with Gasteiger partial charge in [0.2, 0.25) is 0 Å². The molecule has 1 aromatic carbocycles. The second kappa shape index (κ2) is 11.5. The minimum Gasteiger partial charge on any atom is -0.488 e. The van der Waals surface area contributed by atoms with Crippen molar-refractivity contribution in [2.75, 3.05) is 18.1 Å². The molecule has 4 aliphatic carbocycles. The van der Waals surface area contributed by atoms with Gasteiger partial charge in [-0.25, -0.2) is 0 Å². The Morgan fingerprint density at radius 1 is 1.03 bits per heavy atom. The van der Waals surface area contributed by atoms with Crippen molar-refractivity contribution in [2.24, 2.45) is 46.3 Å². The summed E-state index contributed by atoms with van der Waals surface area (Å²) in [5.41, 5.74) is 14.3. The molecule has 0 heterocycles. The summed E-state index contributed by atoms with van der Waals surface area (Å²) in [6.45, 7) is 10.4. The van der Waals surface area contributed by atoms with Gasteiger partial charge in [0.25, 0.3) is 0 Å². The summed E-state index contributed by atoms with van der Waals surface area (Å²) >= 11 is 0. The van der Waals surface area contributed by atoms with Crippen molar-refractivity contribution in [3.8, 4) is 5.75 Å². The number of nitrogens with two attached hydrogens (primary N) is 2. The van der Waals surface area contributed by atoms with Gasteiger partial charge in [0.05, 0.1) is 18.4 Å². The van der Waals surface area contributed by atoms with Crippen LogP contribution in [-0.2, 0) is 9.53 Å². The number of carbonyl (C=O) groups is 1. The molecule has 9 atom stereocenters. The minimum atomic E-state index is 0.00335. The Hall–Kier alpha value is -1.91. The van der Waals surface area contributed by atoms with Gasteiger partial charge in [0.1, 0.15) is 5.75 Å². The number of rotatable bonds is 9. The summed E-state index contributed by atoms with van der Waals surface area (Å²) in [5.74, 6) is 5.44. The summed E-state index contributed by atoms with van der Waals surface area (Å²) in [6, 6.07) is 5.63. The molecule has 5 rings (SSSR count). The Bertz CT molecular complexity index is 1010. The molecule has 0 amide bonds. The third-order valence-electron chi connectivity index (χ3n) is 12.3. The quantitative estimate of drug-likeness (QED) is 0.189. The number of esters is 1. The monoisotopic (exact) mass is 538 g/mol. The second-order valence-corrected chi connectivity index (χ2v) is 14.3. The van der Waals surface area contributed by atoms with Gasteiger partial charge in [-0.3, -0.25) is 4.79 Å². The van der Waals surface area contributed by atoms with Gasteiger partial charge in [-0.2, -0.15) is 0 Å². The number of hydrogen-bond donors (Lipinski definition) is 2. The van der Waals surface area contributed by atoms with Crippen molar-refractivity contribution in [1.29, 1.82) is 0 Å². The topological polar surface area (TPSA) is 87.6 Å². The Morgan fingerprint density at radius 2 is 1.79 bits per heavy atom. The van der Waals surface area contributed by atoms with Crippen molar-refractivity contribution in [3.05, 3.63) is 18.2 Å². The Balaban J connectivity index is 1.19. The van der Waals surface area contributed by atoms with Gasteiger partial charge in [0.15, 0.2) is 0 Å². The lowest BCUT2D eigenvalue weighted by molar-refractivity contribution is -0.144. The molecule has 0 spiro atoms. The van der Waals surface area contributed by atoms with Crippen LogP contribution < -0.4 is 16.2 Å². The molecule has 5 nitrogen and oxygen atoms in total. The molecule has 5 heteroatoms. The number of carbonyl (C=O) groups excluding carboxylic acids is 1. The third kappa shape index (κ3) is 5.53. The maximum atomic E-state index is 12.3. The molecule has 1 aromatic rings. The first-order valence-electron chi connectivity index (χ1n) is 16.1. The largest absolute Gasteiger partial charge is 0.488 e. The lowest BCUT2D eigenvalue weighted by Crippen LogP contribution is -2.54. The van der Waals surface area contributed by atoms with Crippen LogP contribution in [0.25, 0.3) is 0 Å². The van der Waals surface area contributed by atoms with E-state index in [4.69, 9.17) is 20.9 Å². The molecule has 0 aromatic heterocycles. The average molecular weight is 539 g/mol. The van der Waals surface area contributed by atoms with Crippen molar-refractivity contribution < 1.29 is 14.3 Å². The van der Waals surface area contributed by atoms with Crippen LogP contribution in [0, 0.1) is 46.3 Å². The maximum absolute atomic E-state index is 12.3.